The maximum absolute atomic E-state index is 6.15. The van der Waals surface area contributed by atoms with E-state index in [2.05, 4.69) is 12.2 Å². The smallest absolute Gasteiger partial charge is 0.122 e. The van der Waals surface area contributed by atoms with Crippen molar-refractivity contribution in [2.45, 2.75) is 38.6 Å². The van der Waals surface area contributed by atoms with E-state index < -0.39 is 0 Å². The van der Waals surface area contributed by atoms with Gasteiger partial charge in [0, 0.05) is 17.7 Å². The number of hydrogen-bond donors (Lipinski definition) is 1. The average molecular weight is 312 g/mol. The van der Waals surface area contributed by atoms with E-state index in [1.54, 1.807) is 7.11 Å². The van der Waals surface area contributed by atoms with Crippen molar-refractivity contribution in [2.75, 3.05) is 26.9 Å². The summed E-state index contributed by atoms with van der Waals surface area (Å²) in [6.07, 6.45) is 4.44. The van der Waals surface area contributed by atoms with E-state index in [0.717, 1.165) is 49.8 Å². The minimum atomic E-state index is 0.414. The average Bonchev–Trinajstić information content (AvgIpc) is 2.52. The lowest BCUT2D eigenvalue weighted by atomic mass is 9.89. The summed E-state index contributed by atoms with van der Waals surface area (Å²) in [5.74, 6) is 1.48. The van der Waals surface area contributed by atoms with Crippen molar-refractivity contribution in [1.29, 1.82) is 0 Å². The maximum atomic E-state index is 6.15. The fourth-order valence-corrected chi connectivity index (χ4v) is 3.16. The van der Waals surface area contributed by atoms with Gasteiger partial charge in [-0.1, -0.05) is 18.5 Å². The summed E-state index contributed by atoms with van der Waals surface area (Å²) in [7, 11) is 1.71. The van der Waals surface area contributed by atoms with Gasteiger partial charge in [-0.05, 0) is 61.9 Å². The standard InChI is InChI=1S/C17H26ClNO2/c1-3-8-19-16(13-5-4-9-21-12-13)11-14-10-15(18)6-7-17(14)20-2/h6-7,10,13,16,19H,3-5,8-9,11-12H2,1-2H3. The molecule has 2 atom stereocenters. The number of methoxy groups -OCH3 is 1. The molecule has 4 heteroatoms. The summed E-state index contributed by atoms with van der Waals surface area (Å²) < 4.78 is 11.1. The van der Waals surface area contributed by atoms with Crippen molar-refractivity contribution in [3.8, 4) is 5.75 Å². The van der Waals surface area contributed by atoms with Crippen LogP contribution < -0.4 is 10.1 Å². The molecule has 3 nitrogen and oxygen atoms in total. The van der Waals surface area contributed by atoms with Crippen molar-refractivity contribution in [2.24, 2.45) is 5.92 Å². The van der Waals surface area contributed by atoms with Gasteiger partial charge in [-0.3, -0.25) is 0 Å². The molecule has 21 heavy (non-hydrogen) atoms. The molecule has 1 aliphatic heterocycles. The van der Waals surface area contributed by atoms with Crippen molar-refractivity contribution in [3.63, 3.8) is 0 Å². The normalized spacial score (nSPS) is 20.2. The Kier molecular flexibility index (Phi) is 6.81. The third-order valence-electron chi connectivity index (χ3n) is 4.10. The summed E-state index contributed by atoms with van der Waals surface area (Å²) in [6, 6.07) is 6.26. The van der Waals surface area contributed by atoms with Gasteiger partial charge in [-0.2, -0.15) is 0 Å². The molecule has 0 saturated carbocycles. The first-order valence-electron chi connectivity index (χ1n) is 7.88. The van der Waals surface area contributed by atoms with E-state index in [-0.39, 0.29) is 0 Å². The quantitative estimate of drug-likeness (QED) is 0.833. The molecule has 0 radical (unpaired) electrons. The lowest BCUT2D eigenvalue weighted by Crippen LogP contribution is -2.42. The molecule has 2 unspecified atom stereocenters. The zero-order valence-electron chi connectivity index (χ0n) is 13.0. The maximum Gasteiger partial charge on any atom is 0.122 e. The van der Waals surface area contributed by atoms with Gasteiger partial charge in [0.05, 0.1) is 13.7 Å². The number of halogens is 1. The Bertz CT molecular complexity index is 433. The van der Waals surface area contributed by atoms with Crippen molar-refractivity contribution < 1.29 is 9.47 Å². The van der Waals surface area contributed by atoms with Crippen LogP contribution in [-0.2, 0) is 11.2 Å². The molecule has 1 saturated heterocycles. The van der Waals surface area contributed by atoms with Gasteiger partial charge in [0.15, 0.2) is 0 Å². The molecule has 1 aromatic carbocycles. The SMILES string of the molecule is CCCNC(Cc1cc(Cl)ccc1OC)C1CCCOC1. The molecule has 118 valence electrons. The molecule has 0 spiro atoms. The van der Waals surface area contributed by atoms with Crippen molar-refractivity contribution in [3.05, 3.63) is 28.8 Å². The van der Waals surface area contributed by atoms with Crippen LogP contribution in [0.4, 0.5) is 0 Å². The number of rotatable bonds is 7. The topological polar surface area (TPSA) is 30.5 Å². The lowest BCUT2D eigenvalue weighted by Gasteiger charge is -2.31. The van der Waals surface area contributed by atoms with E-state index >= 15 is 0 Å². The zero-order valence-corrected chi connectivity index (χ0v) is 13.8. The molecule has 1 aromatic rings. The van der Waals surface area contributed by atoms with Gasteiger partial charge in [-0.25, -0.2) is 0 Å². The Labute approximate surface area is 133 Å². The van der Waals surface area contributed by atoms with Crippen LogP contribution in [-0.4, -0.2) is 32.9 Å². The Morgan fingerprint density at radius 2 is 2.33 bits per heavy atom. The highest BCUT2D eigenvalue weighted by atomic mass is 35.5. The van der Waals surface area contributed by atoms with E-state index in [0.29, 0.717) is 12.0 Å². The number of benzene rings is 1. The van der Waals surface area contributed by atoms with E-state index in [4.69, 9.17) is 21.1 Å². The van der Waals surface area contributed by atoms with Crippen molar-refractivity contribution >= 4 is 11.6 Å². The van der Waals surface area contributed by atoms with Gasteiger partial charge < -0.3 is 14.8 Å². The van der Waals surface area contributed by atoms with Crippen LogP contribution in [0.25, 0.3) is 0 Å². The highest BCUT2D eigenvalue weighted by Gasteiger charge is 2.25. The third kappa shape index (κ3) is 4.87. The predicted molar refractivity (Wildman–Crippen MR) is 87.3 cm³/mol. The van der Waals surface area contributed by atoms with E-state index in [1.165, 1.54) is 12.0 Å². The third-order valence-corrected chi connectivity index (χ3v) is 4.34. The second kappa shape index (κ2) is 8.62. The van der Waals surface area contributed by atoms with Gasteiger partial charge in [-0.15, -0.1) is 0 Å². The second-order valence-corrected chi connectivity index (χ2v) is 6.13. The van der Waals surface area contributed by atoms with Gasteiger partial charge in [0.2, 0.25) is 0 Å². The molecule has 2 rings (SSSR count). The number of nitrogens with one attached hydrogen (secondary N) is 1. The first-order valence-corrected chi connectivity index (χ1v) is 8.26. The van der Waals surface area contributed by atoms with Gasteiger partial charge in [0.25, 0.3) is 0 Å². The molecule has 0 amide bonds. The molecular formula is C17H26ClNO2. The lowest BCUT2D eigenvalue weighted by molar-refractivity contribution is 0.0392. The fraction of sp³-hybridized carbons (Fsp3) is 0.647. The summed E-state index contributed by atoms with van der Waals surface area (Å²) in [4.78, 5) is 0. The summed E-state index contributed by atoms with van der Waals surface area (Å²) in [5.41, 5.74) is 1.17. The van der Waals surface area contributed by atoms with Crippen LogP contribution in [0.3, 0.4) is 0 Å². The summed E-state index contributed by atoms with van der Waals surface area (Å²) in [6.45, 7) is 4.98. The Balaban J connectivity index is 2.11. The molecule has 1 heterocycles. The molecule has 1 aliphatic rings. The largest absolute Gasteiger partial charge is 0.496 e. The predicted octanol–water partition coefficient (Wildman–Crippen LogP) is 3.69. The molecule has 0 aliphatic carbocycles. The number of hydrogen-bond acceptors (Lipinski definition) is 3. The first kappa shape index (κ1) is 16.6. The minimum Gasteiger partial charge on any atom is -0.496 e. The van der Waals surface area contributed by atoms with Crippen LogP contribution >= 0.6 is 11.6 Å². The molecular weight excluding hydrogens is 286 g/mol. The first-order chi connectivity index (χ1) is 10.2. The highest BCUT2D eigenvalue weighted by molar-refractivity contribution is 6.30. The van der Waals surface area contributed by atoms with Crippen LogP contribution in [0.1, 0.15) is 31.7 Å². The monoisotopic (exact) mass is 311 g/mol. The second-order valence-electron chi connectivity index (χ2n) is 5.70. The van der Waals surface area contributed by atoms with Gasteiger partial charge in [0.1, 0.15) is 5.75 Å². The number of ether oxygens (including phenoxy) is 2. The zero-order chi connectivity index (χ0) is 15.1. The summed E-state index contributed by atoms with van der Waals surface area (Å²) in [5, 5.41) is 4.44. The van der Waals surface area contributed by atoms with Crippen LogP contribution in [0.2, 0.25) is 5.02 Å². The van der Waals surface area contributed by atoms with Crippen LogP contribution in [0.5, 0.6) is 5.75 Å². The molecule has 0 bridgehead atoms. The van der Waals surface area contributed by atoms with Crippen LogP contribution in [0, 0.1) is 5.92 Å². The molecule has 1 N–H and O–H groups in total. The highest BCUT2D eigenvalue weighted by Crippen LogP contribution is 2.27. The Morgan fingerprint density at radius 3 is 3.00 bits per heavy atom. The molecule has 0 aromatic heterocycles. The Hall–Kier alpha value is -0.770. The Morgan fingerprint density at radius 1 is 1.48 bits per heavy atom. The minimum absolute atomic E-state index is 0.414. The van der Waals surface area contributed by atoms with Crippen molar-refractivity contribution in [1.82, 2.24) is 5.32 Å². The van der Waals surface area contributed by atoms with Crippen LogP contribution in [0.15, 0.2) is 18.2 Å². The van der Waals surface area contributed by atoms with E-state index in [9.17, 15) is 0 Å². The van der Waals surface area contributed by atoms with E-state index in [1.807, 2.05) is 18.2 Å². The summed E-state index contributed by atoms with van der Waals surface area (Å²) >= 11 is 6.15. The molecule has 1 fully saturated rings. The fourth-order valence-electron chi connectivity index (χ4n) is 2.96. The van der Waals surface area contributed by atoms with Gasteiger partial charge >= 0.3 is 0 Å².